The summed E-state index contributed by atoms with van der Waals surface area (Å²) in [5.41, 5.74) is 0.304. The fraction of sp³-hybridized carbons (Fsp3) is 0.231. The van der Waals surface area contributed by atoms with Gasteiger partial charge in [-0.1, -0.05) is 11.2 Å². The number of para-hydroxylation sites is 1. The van der Waals surface area contributed by atoms with E-state index in [0.29, 0.717) is 41.4 Å². The number of hydrogen-bond donors (Lipinski definition) is 1. The molecule has 0 saturated heterocycles. The maximum Gasteiger partial charge on any atom is 0.228 e. The number of nitrogens with zero attached hydrogens (tertiary/aromatic N) is 4. The van der Waals surface area contributed by atoms with Gasteiger partial charge in [0.05, 0.1) is 0 Å². The lowest BCUT2D eigenvalue weighted by atomic mass is 10.2. The summed E-state index contributed by atoms with van der Waals surface area (Å²) in [6.07, 6.45) is 1.91. The van der Waals surface area contributed by atoms with Crippen molar-refractivity contribution in [3.05, 3.63) is 42.1 Å². The number of anilines is 1. The number of halogens is 1. The van der Waals surface area contributed by atoms with Gasteiger partial charge < -0.3 is 9.84 Å². The molecule has 0 radical (unpaired) electrons. The number of rotatable bonds is 4. The summed E-state index contributed by atoms with van der Waals surface area (Å²) in [6, 6.07) is 4.78. The van der Waals surface area contributed by atoms with Crippen LogP contribution in [-0.2, 0) is 6.42 Å². The fourth-order valence-corrected chi connectivity index (χ4v) is 1.92. The van der Waals surface area contributed by atoms with Gasteiger partial charge in [0, 0.05) is 18.4 Å². The van der Waals surface area contributed by atoms with Gasteiger partial charge in [-0.2, -0.15) is 4.98 Å². The molecule has 0 aliphatic rings. The Labute approximate surface area is 114 Å². The summed E-state index contributed by atoms with van der Waals surface area (Å²) in [5.74, 6) is 1.39. The summed E-state index contributed by atoms with van der Waals surface area (Å²) in [7, 11) is 0. The average Bonchev–Trinajstić information content (AvgIpc) is 2.86. The minimum Gasteiger partial charge on any atom is -0.369 e. The molecule has 3 rings (SSSR count). The first-order chi connectivity index (χ1) is 9.74. The molecule has 3 aromatic rings. The van der Waals surface area contributed by atoms with Crippen molar-refractivity contribution < 1.29 is 8.91 Å². The van der Waals surface area contributed by atoms with Crippen LogP contribution in [0.3, 0.4) is 0 Å². The lowest BCUT2D eigenvalue weighted by Gasteiger charge is -2.07. The van der Waals surface area contributed by atoms with Gasteiger partial charge in [-0.05, 0) is 19.1 Å². The molecule has 7 heteroatoms. The van der Waals surface area contributed by atoms with E-state index in [1.165, 1.54) is 12.4 Å². The van der Waals surface area contributed by atoms with E-state index in [1.807, 2.05) is 0 Å². The predicted octanol–water partition coefficient (Wildman–Crippen LogP) is 2.11. The highest BCUT2D eigenvalue weighted by Gasteiger charge is 2.07. The highest BCUT2D eigenvalue weighted by atomic mass is 19.1. The molecule has 0 aliphatic carbocycles. The van der Waals surface area contributed by atoms with Crippen molar-refractivity contribution in [1.29, 1.82) is 0 Å². The van der Waals surface area contributed by atoms with Crippen molar-refractivity contribution in [2.45, 2.75) is 13.3 Å². The largest absolute Gasteiger partial charge is 0.369 e. The Hall–Kier alpha value is -2.57. The van der Waals surface area contributed by atoms with Crippen LogP contribution in [0.4, 0.5) is 10.2 Å². The van der Waals surface area contributed by atoms with E-state index >= 15 is 0 Å². The summed E-state index contributed by atoms with van der Waals surface area (Å²) in [5, 5.41) is 7.49. The number of aryl methyl sites for hydroxylation is 1. The molecule has 0 bridgehead atoms. The minimum absolute atomic E-state index is 0.304. The molecule has 6 nitrogen and oxygen atoms in total. The molecule has 0 unspecified atom stereocenters. The molecule has 1 N–H and O–H groups in total. The molecule has 0 saturated carbocycles. The van der Waals surface area contributed by atoms with Gasteiger partial charge in [-0.15, -0.1) is 0 Å². The quantitative estimate of drug-likeness (QED) is 0.784. The van der Waals surface area contributed by atoms with Gasteiger partial charge in [-0.25, -0.2) is 14.4 Å². The maximum absolute atomic E-state index is 13.6. The maximum atomic E-state index is 13.6. The van der Waals surface area contributed by atoms with Crippen LogP contribution >= 0.6 is 0 Å². The zero-order valence-electron chi connectivity index (χ0n) is 10.8. The van der Waals surface area contributed by atoms with Crippen LogP contribution in [0.15, 0.2) is 29.0 Å². The molecular formula is C13H12FN5O. The smallest absolute Gasteiger partial charge is 0.228 e. The predicted molar refractivity (Wildman–Crippen MR) is 70.7 cm³/mol. The lowest BCUT2D eigenvalue weighted by Crippen LogP contribution is -2.07. The van der Waals surface area contributed by atoms with E-state index in [2.05, 4.69) is 25.4 Å². The zero-order valence-corrected chi connectivity index (χ0v) is 10.8. The van der Waals surface area contributed by atoms with E-state index < -0.39 is 0 Å². The Morgan fingerprint density at radius 1 is 1.30 bits per heavy atom. The van der Waals surface area contributed by atoms with Crippen LogP contribution in [0.25, 0.3) is 10.9 Å². The third-order valence-corrected chi connectivity index (χ3v) is 2.82. The average molecular weight is 273 g/mol. The third-order valence-electron chi connectivity index (χ3n) is 2.82. The lowest BCUT2D eigenvalue weighted by molar-refractivity contribution is 0.377. The number of hydrogen-bond acceptors (Lipinski definition) is 6. The molecule has 0 atom stereocenters. The topological polar surface area (TPSA) is 76.7 Å². The van der Waals surface area contributed by atoms with Gasteiger partial charge in [0.2, 0.25) is 5.89 Å². The van der Waals surface area contributed by atoms with Crippen LogP contribution in [0.2, 0.25) is 0 Å². The van der Waals surface area contributed by atoms with Crippen LogP contribution in [0.1, 0.15) is 11.7 Å². The van der Waals surface area contributed by atoms with Crippen LogP contribution in [0.5, 0.6) is 0 Å². The van der Waals surface area contributed by atoms with Crippen molar-refractivity contribution in [3.63, 3.8) is 0 Å². The highest BCUT2D eigenvalue weighted by Crippen LogP contribution is 2.20. The van der Waals surface area contributed by atoms with Gasteiger partial charge in [-0.3, -0.25) is 0 Å². The Kier molecular flexibility index (Phi) is 3.24. The van der Waals surface area contributed by atoms with Gasteiger partial charge >= 0.3 is 0 Å². The monoisotopic (exact) mass is 273 g/mol. The summed E-state index contributed by atoms with van der Waals surface area (Å²) in [6.45, 7) is 2.32. The number of aromatic nitrogens is 4. The molecule has 2 aromatic heterocycles. The van der Waals surface area contributed by atoms with E-state index in [4.69, 9.17) is 4.52 Å². The molecule has 0 fully saturated rings. The zero-order chi connectivity index (χ0) is 13.9. The van der Waals surface area contributed by atoms with Crippen molar-refractivity contribution in [1.82, 2.24) is 20.1 Å². The number of fused-ring (bicyclic) bond motifs is 1. The molecule has 0 aliphatic heterocycles. The molecule has 0 spiro atoms. The van der Waals surface area contributed by atoms with Crippen molar-refractivity contribution >= 4 is 16.7 Å². The van der Waals surface area contributed by atoms with Crippen molar-refractivity contribution in [2.75, 3.05) is 11.9 Å². The van der Waals surface area contributed by atoms with E-state index in [1.54, 1.807) is 19.1 Å². The summed E-state index contributed by atoms with van der Waals surface area (Å²) >= 11 is 0. The van der Waals surface area contributed by atoms with Gasteiger partial charge in [0.15, 0.2) is 5.82 Å². The first kappa shape index (κ1) is 12.5. The second-order valence-corrected chi connectivity index (χ2v) is 4.27. The Morgan fingerprint density at radius 2 is 2.20 bits per heavy atom. The molecule has 102 valence electrons. The Morgan fingerprint density at radius 3 is 3.00 bits per heavy atom. The van der Waals surface area contributed by atoms with Crippen LogP contribution in [0, 0.1) is 12.7 Å². The van der Waals surface area contributed by atoms with Gasteiger partial charge in [0.25, 0.3) is 0 Å². The second-order valence-electron chi connectivity index (χ2n) is 4.27. The van der Waals surface area contributed by atoms with Crippen LogP contribution < -0.4 is 5.32 Å². The SMILES string of the molecule is Cc1noc(CCNc2ncnc3c(F)cccc23)n1. The number of nitrogens with one attached hydrogen (secondary N) is 1. The van der Waals surface area contributed by atoms with E-state index in [9.17, 15) is 4.39 Å². The van der Waals surface area contributed by atoms with Crippen LogP contribution in [-0.4, -0.2) is 26.7 Å². The van der Waals surface area contributed by atoms with Gasteiger partial charge in [0.1, 0.15) is 23.5 Å². The Balaban J connectivity index is 1.76. The normalized spacial score (nSPS) is 10.9. The summed E-state index contributed by atoms with van der Waals surface area (Å²) in [4.78, 5) is 12.2. The first-order valence-corrected chi connectivity index (χ1v) is 6.16. The minimum atomic E-state index is -0.361. The fourth-order valence-electron chi connectivity index (χ4n) is 1.92. The Bertz CT molecular complexity index is 742. The van der Waals surface area contributed by atoms with Crippen molar-refractivity contribution in [2.24, 2.45) is 0 Å². The molecule has 20 heavy (non-hydrogen) atoms. The number of benzene rings is 1. The molecule has 2 heterocycles. The van der Waals surface area contributed by atoms with Crippen molar-refractivity contribution in [3.8, 4) is 0 Å². The highest BCUT2D eigenvalue weighted by molar-refractivity contribution is 5.89. The molecular weight excluding hydrogens is 261 g/mol. The molecule has 0 amide bonds. The summed E-state index contributed by atoms with van der Waals surface area (Å²) < 4.78 is 18.6. The molecule has 1 aromatic carbocycles. The standard InChI is InChI=1S/C13H12FN5O/c1-8-18-11(20-19-8)5-6-15-13-9-3-2-4-10(14)12(9)16-7-17-13/h2-4,7H,5-6H2,1H3,(H,15,16,17). The van der Waals surface area contributed by atoms with E-state index in [-0.39, 0.29) is 5.82 Å². The second kappa shape index (κ2) is 5.20. The first-order valence-electron chi connectivity index (χ1n) is 6.16. The van der Waals surface area contributed by atoms with E-state index in [0.717, 1.165) is 0 Å². The third kappa shape index (κ3) is 2.42.